The Morgan fingerprint density at radius 1 is 1.10 bits per heavy atom. The number of rotatable bonds is 6. The highest BCUT2D eigenvalue weighted by molar-refractivity contribution is 7.97. The summed E-state index contributed by atoms with van der Waals surface area (Å²) >= 11 is 1.70. The predicted molar refractivity (Wildman–Crippen MR) is 94.5 cm³/mol. The van der Waals surface area contributed by atoms with Crippen LogP contribution in [0.5, 0.6) is 0 Å². The monoisotopic (exact) mass is 302 g/mol. The molecule has 0 amide bonds. The van der Waals surface area contributed by atoms with Crippen LogP contribution in [-0.4, -0.2) is 11.5 Å². The molecule has 0 aliphatic heterocycles. The third-order valence-electron chi connectivity index (χ3n) is 2.99. The van der Waals surface area contributed by atoms with Crippen LogP contribution in [0.2, 0.25) is 0 Å². The summed E-state index contributed by atoms with van der Waals surface area (Å²) in [6.45, 7) is 9.31. The molecule has 2 rings (SSSR count). The molecular formula is C18H26N2S. The third-order valence-corrected chi connectivity index (χ3v) is 3.85. The zero-order valence-electron chi connectivity index (χ0n) is 13.5. The zero-order valence-corrected chi connectivity index (χ0v) is 14.3. The van der Waals surface area contributed by atoms with Gasteiger partial charge < -0.3 is 0 Å². The summed E-state index contributed by atoms with van der Waals surface area (Å²) in [7, 11) is 0. The second-order valence-corrected chi connectivity index (χ2v) is 5.47. The predicted octanol–water partition coefficient (Wildman–Crippen LogP) is 5.48. The van der Waals surface area contributed by atoms with Crippen LogP contribution in [-0.2, 0) is 0 Å². The molecule has 0 atom stereocenters. The Balaban J connectivity index is 0.00000106. The van der Waals surface area contributed by atoms with Crippen molar-refractivity contribution in [3.05, 3.63) is 48.3 Å². The highest BCUT2D eigenvalue weighted by Crippen LogP contribution is 2.24. The maximum atomic E-state index is 4.33. The van der Waals surface area contributed by atoms with Gasteiger partial charge in [0.1, 0.15) is 0 Å². The van der Waals surface area contributed by atoms with Gasteiger partial charge in [-0.25, -0.2) is 0 Å². The second kappa shape index (κ2) is 10.4. The average Bonchev–Trinajstić information content (AvgIpc) is 2.55. The number of hydrogen-bond acceptors (Lipinski definition) is 3. The van der Waals surface area contributed by atoms with Crippen LogP contribution in [0, 0.1) is 6.92 Å². The molecule has 3 heteroatoms. The number of benzene rings is 1. The molecule has 0 aliphatic carbocycles. The lowest BCUT2D eigenvalue weighted by molar-refractivity contribution is 0.776. The maximum absolute atomic E-state index is 4.33. The molecule has 0 saturated heterocycles. The third kappa shape index (κ3) is 5.90. The van der Waals surface area contributed by atoms with Crippen molar-refractivity contribution in [1.82, 2.24) is 9.71 Å². The van der Waals surface area contributed by atoms with Gasteiger partial charge in [0.05, 0.1) is 0 Å². The molecule has 0 unspecified atom stereocenters. The van der Waals surface area contributed by atoms with Gasteiger partial charge in [-0.1, -0.05) is 45.4 Å². The van der Waals surface area contributed by atoms with Crippen LogP contribution in [0.1, 0.15) is 39.3 Å². The van der Waals surface area contributed by atoms with Gasteiger partial charge in [0.25, 0.3) is 0 Å². The van der Waals surface area contributed by atoms with Gasteiger partial charge in [-0.2, -0.15) is 0 Å². The van der Waals surface area contributed by atoms with Crippen LogP contribution in [0.15, 0.2) is 47.5 Å². The smallest absolute Gasteiger partial charge is 0.0450 e. The Morgan fingerprint density at radius 3 is 2.43 bits per heavy atom. The molecule has 0 spiro atoms. The van der Waals surface area contributed by atoms with Gasteiger partial charge >= 0.3 is 0 Å². The average molecular weight is 302 g/mol. The first-order chi connectivity index (χ1) is 10.3. The van der Waals surface area contributed by atoms with E-state index in [2.05, 4.69) is 47.0 Å². The first-order valence-electron chi connectivity index (χ1n) is 7.73. The molecule has 1 N–H and O–H groups in total. The van der Waals surface area contributed by atoms with Gasteiger partial charge in [-0.3, -0.25) is 9.71 Å². The Morgan fingerprint density at radius 2 is 1.81 bits per heavy atom. The minimum Gasteiger partial charge on any atom is -0.261 e. The van der Waals surface area contributed by atoms with E-state index in [4.69, 9.17) is 0 Å². The standard InChI is InChI=1S/C16H20N2S.C2H6/c1-3-4-12-18-19-15-9-7-14(8-10-15)16-6-5-11-17-13(16)2;1-2/h5-11,18H,3-4,12H2,1-2H3;1-2H3. The second-order valence-electron chi connectivity index (χ2n) is 4.51. The number of unbranched alkanes of at least 4 members (excludes halogenated alkanes) is 1. The lowest BCUT2D eigenvalue weighted by atomic mass is 10.1. The molecular weight excluding hydrogens is 276 g/mol. The molecule has 2 nitrogen and oxygen atoms in total. The molecule has 1 heterocycles. The first-order valence-corrected chi connectivity index (χ1v) is 8.54. The molecule has 0 fully saturated rings. The van der Waals surface area contributed by atoms with Crippen molar-refractivity contribution in [1.29, 1.82) is 0 Å². The van der Waals surface area contributed by atoms with Gasteiger partial charge in [0, 0.05) is 28.9 Å². The van der Waals surface area contributed by atoms with Crippen molar-refractivity contribution in [2.45, 2.75) is 45.4 Å². The SMILES string of the molecule is CC.CCCCNSc1ccc(-c2cccnc2C)cc1. The quantitative estimate of drug-likeness (QED) is 0.565. The Hall–Kier alpha value is -1.32. The molecule has 0 aliphatic rings. The Kier molecular flexibility index (Phi) is 8.79. The van der Waals surface area contributed by atoms with Crippen molar-refractivity contribution in [2.24, 2.45) is 0 Å². The Bertz CT molecular complexity index is 509. The van der Waals surface area contributed by atoms with Crippen LogP contribution in [0.3, 0.4) is 0 Å². The van der Waals surface area contributed by atoms with Crippen molar-refractivity contribution in [3.63, 3.8) is 0 Å². The van der Waals surface area contributed by atoms with E-state index in [1.807, 2.05) is 33.0 Å². The largest absolute Gasteiger partial charge is 0.261 e. The summed E-state index contributed by atoms with van der Waals surface area (Å²) in [5, 5.41) is 0. The number of nitrogens with zero attached hydrogens (tertiary/aromatic N) is 1. The summed E-state index contributed by atoms with van der Waals surface area (Å²) < 4.78 is 3.38. The molecule has 21 heavy (non-hydrogen) atoms. The Labute approximate surface area is 133 Å². The molecule has 0 saturated carbocycles. The van der Waals surface area contributed by atoms with Gasteiger partial charge in [-0.05, 0) is 49.1 Å². The van der Waals surface area contributed by atoms with Crippen LogP contribution in [0.25, 0.3) is 11.1 Å². The van der Waals surface area contributed by atoms with Gasteiger partial charge in [0.2, 0.25) is 0 Å². The lowest BCUT2D eigenvalue weighted by Crippen LogP contribution is -2.04. The van der Waals surface area contributed by atoms with Crippen molar-refractivity contribution in [3.8, 4) is 11.1 Å². The van der Waals surface area contributed by atoms with E-state index in [9.17, 15) is 0 Å². The summed E-state index contributed by atoms with van der Waals surface area (Å²) in [5.74, 6) is 0. The van der Waals surface area contributed by atoms with E-state index in [0.717, 1.165) is 12.2 Å². The maximum Gasteiger partial charge on any atom is 0.0450 e. The lowest BCUT2D eigenvalue weighted by Gasteiger charge is -2.07. The molecule has 1 aromatic carbocycles. The number of hydrogen-bond donors (Lipinski definition) is 1. The zero-order chi connectivity index (χ0) is 15.5. The molecule has 1 aromatic heterocycles. The van der Waals surface area contributed by atoms with Crippen LogP contribution in [0.4, 0.5) is 0 Å². The summed E-state index contributed by atoms with van der Waals surface area (Å²) in [6, 6.07) is 12.7. The molecule has 2 aromatic rings. The van der Waals surface area contributed by atoms with Crippen LogP contribution < -0.4 is 4.72 Å². The minimum absolute atomic E-state index is 1.06. The van der Waals surface area contributed by atoms with E-state index in [1.165, 1.54) is 28.9 Å². The number of pyridine rings is 1. The van der Waals surface area contributed by atoms with Gasteiger partial charge in [-0.15, -0.1) is 0 Å². The fourth-order valence-corrected chi connectivity index (χ4v) is 2.56. The van der Waals surface area contributed by atoms with E-state index < -0.39 is 0 Å². The minimum atomic E-state index is 1.06. The van der Waals surface area contributed by atoms with Crippen molar-refractivity contribution < 1.29 is 0 Å². The first kappa shape index (κ1) is 17.7. The number of aryl methyl sites for hydroxylation is 1. The topological polar surface area (TPSA) is 24.9 Å². The summed E-state index contributed by atoms with van der Waals surface area (Å²) in [5.41, 5.74) is 3.51. The number of nitrogens with one attached hydrogen (secondary N) is 1. The van der Waals surface area contributed by atoms with E-state index in [1.54, 1.807) is 11.9 Å². The van der Waals surface area contributed by atoms with Crippen LogP contribution >= 0.6 is 11.9 Å². The van der Waals surface area contributed by atoms with Crippen molar-refractivity contribution >= 4 is 11.9 Å². The van der Waals surface area contributed by atoms with E-state index in [0.29, 0.717) is 0 Å². The highest BCUT2D eigenvalue weighted by Gasteiger charge is 2.02. The fraction of sp³-hybridized carbons (Fsp3) is 0.389. The number of aromatic nitrogens is 1. The molecule has 0 bridgehead atoms. The van der Waals surface area contributed by atoms with E-state index >= 15 is 0 Å². The summed E-state index contributed by atoms with van der Waals surface area (Å²) in [4.78, 5) is 5.58. The van der Waals surface area contributed by atoms with Gasteiger partial charge in [0.15, 0.2) is 0 Å². The fourth-order valence-electron chi connectivity index (χ4n) is 1.88. The molecule has 0 radical (unpaired) electrons. The molecule has 114 valence electrons. The van der Waals surface area contributed by atoms with E-state index in [-0.39, 0.29) is 0 Å². The highest BCUT2D eigenvalue weighted by atomic mass is 32.2. The summed E-state index contributed by atoms with van der Waals surface area (Å²) in [6.07, 6.45) is 4.29. The normalized spacial score (nSPS) is 9.90. The van der Waals surface area contributed by atoms with Crippen molar-refractivity contribution in [2.75, 3.05) is 6.54 Å².